The van der Waals surface area contributed by atoms with Gasteiger partial charge >= 0.3 is 0 Å². The summed E-state index contributed by atoms with van der Waals surface area (Å²) in [5, 5.41) is 7.66. The number of aromatic nitrogens is 3. The number of amides is 1. The van der Waals surface area contributed by atoms with E-state index in [0.29, 0.717) is 35.1 Å². The Bertz CT molecular complexity index is 1080. The predicted molar refractivity (Wildman–Crippen MR) is 121 cm³/mol. The van der Waals surface area contributed by atoms with E-state index in [-0.39, 0.29) is 11.3 Å². The minimum atomic E-state index is -0.288. The number of nitrogens with one attached hydrogen (secondary N) is 1. The van der Waals surface area contributed by atoms with Gasteiger partial charge in [-0.25, -0.2) is 4.98 Å². The van der Waals surface area contributed by atoms with Crippen molar-refractivity contribution in [3.63, 3.8) is 0 Å². The first kappa shape index (κ1) is 22.1. The predicted octanol–water partition coefficient (Wildman–Crippen LogP) is 4.56. The van der Waals surface area contributed by atoms with Crippen molar-refractivity contribution in [2.24, 2.45) is 0 Å². The number of methoxy groups -OCH3 is 2. The van der Waals surface area contributed by atoms with Crippen LogP contribution in [0, 0.1) is 0 Å². The number of benzene rings is 1. The minimum absolute atomic E-state index is 0.194. The second kappa shape index (κ2) is 9.04. The van der Waals surface area contributed by atoms with Crippen LogP contribution in [0.3, 0.4) is 0 Å². The molecule has 0 fully saturated rings. The molecule has 2 heterocycles. The molecule has 0 saturated heterocycles. The van der Waals surface area contributed by atoms with Gasteiger partial charge in [0.1, 0.15) is 5.82 Å². The van der Waals surface area contributed by atoms with Gasteiger partial charge in [0.25, 0.3) is 5.91 Å². The fraction of sp³-hybridized carbons (Fsp3) is 0.292. The normalized spacial score (nSPS) is 11.1. The Kier molecular flexibility index (Phi) is 6.44. The van der Waals surface area contributed by atoms with Crippen molar-refractivity contribution >= 4 is 11.7 Å². The van der Waals surface area contributed by atoms with E-state index >= 15 is 0 Å². The summed E-state index contributed by atoms with van der Waals surface area (Å²) in [5.74, 6) is 1.94. The molecule has 3 rings (SSSR count). The summed E-state index contributed by atoms with van der Waals surface area (Å²) in [6.07, 6.45) is 3.99. The monoisotopic (exact) mass is 420 g/mol. The molecule has 1 amide bonds. The van der Waals surface area contributed by atoms with Crippen LogP contribution in [0.1, 0.15) is 42.4 Å². The van der Waals surface area contributed by atoms with Gasteiger partial charge in [0.15, 0.2) is 17.3 Å². The molecule has 0 aliphatic carbocycles. The summed E-state index contributed by atoms with van der Waals surface area (Å²) in [6, 6.07) is 10.9. The highest BCUT2D eigenvalue weighted by Crippen LogP contribution is 2.34. The first-order valence-electron chi connectivity index (χ1n) is 9.97. The van der Waals surface area contributed by atoms with Gasteiger partial charge in [-0.1, -0.05) is 32.9 Å². The standard InChI is InChI=1S/C24H28N4O3/c1-7-10-16-13-17(14-18(30-5)22(16)31-6)23(29)26-21-15-19(24(2,3)4)27-28(21)20-11-8-9-12-25-20/h7-9,11-15H,1,10H2,2-6H3,(H,26,29). The summed E-state index contributed by atoms with van der Waals surface area (Å²) in [6.45, 7) is 9.99. The first-order chi connectivity index (χ1) is 14.8. The van der Waals surface area contributed by atoms with Crippen LogP contribution in [0.5, 0.6) is 11.5 Å². The van der Waals surface area contributed by atoms with Crippen molar-refractivity contribution in [2.75, 3.05) is 19.5 Å². The summed E-state index contributed by atoms with van der Waals surface area (Å²) in [4.78, 5) is 17.6. The number of hydrogen-bond acceptors (Lipinski definition) is 5. The zero-order valence-corrected chi connectivity index (χ0v) is 18.6. The van der Waals surface area contributed by atoms with Crippen molar-refractivity contribution < 1.29 is 14.3 Å². The molecule has 1 aromatic carbocycles. The molecule has 0 atom stereocenters. The van der Waals surface area contributed by atoms with Crippen LogP contribution in [0.25, 0.3) is 5.82 Å². The molecule has 0 radical (unpaired) electrons. The smallest absolute Gasteiger partial charge is 0.256 e. The van der Waals surface area contributed by atoms with Crippen molar-refractivity contribution in [3.8, 4) is 17.3 Å². The Labute approximate surface area is 182 Å². The quantitative estimate of drug-likeness (QED) is 0.567. The van der Waals surface area contributed by atoms with E-state index in [9.17, 15) is 4.79 Å². The summed E-state index contributed by atoms with van der Waals surface area (Å²) >= 11 is 0. The molecule has 0 aliphatic heterocycles. The maximum absolute atomic E-state index is 13.2. The fourth-order valence-electron chi connectivity index (χ4n) is 3.16. The summed E-state index contributed by atoms with van der Waals surface area (Å²) < 4.78 is 12.5. The molecule has 0 unspecified atom stereocenters. The van der Waals surface area contributed by atoms with Gasteiger partial charge in [0.2, 0.25) is 0 Å². The highest BCUT2D eigenvalue weighted by molar-refractivity contribution is 6.04. The van der Waals surface area contributed by atoms with Gasteiger partial charge in [-0.15, -0.1) is 6.58 Å². The van der Waals surface area contributed by atoms with E-state index in [1.807, 2.05) is 24.3 Å². The van der Waals surface area contributed by atoms with Crippen LogP contribution >= 0.6 is 0 Å². The van der Waals surface area contributed by atoms with E-state index < -0.39 is 0 Å². The maximum Gasteiger partial charge on any atom is 0.256 e. The van der Waals surface area contributed by atoms with Gasteiger partial charge in [-0.3, -0.25) is 4.79 Å². The lowest BCUT2D eigenvalue weighted by Crippen LogP contribution is -2.16. The Balaban J connectivity index is 2.03. The van der Waals surface area contributed by atoms with Gasteiger partial charge in [-0.2, -0.15) is 9.78 Å². The van der Waals surface area contributed by atoms with Crippen molar-refractivity contribution in [1.29, 1.82) is 0 Å². The van der Waals surface area contributed by atoms with Crippen LogP contribution in [0.2, 0.25) is 0 Å². The van der Waals surface area contributed by atoms with E-state index in [2.05, 4.69) is 42.7 Å². The maximum atomic E-state index is 13.2. The molecule has 2 aromatic heterocycles. The fourth-order valence-corrected chi connectivity index (χ4v) is 3.16. The van der Waals surface area contributed by atoms with Crippen molar-refractivity contribution in [3.05, 3.63) is 72.1 Å². The SMILES string of the molecule is C=CCc1cc(C(=O)Nc2cc(C(C)(C)C)nn2-c2ccccn2)cc(OC)c1OC. The van der Waals surface area contributed by atoms with Crippen LogP contribution in [0.4, 0.5) is 5.82 Å². The number of carbonyl (C=O) groups is 1. The number of ether oxygens (including phenoxy) is 2. The average molecular weight is 421 g/mol. The van der Waals surface area contributed by atoms with E-state index in [1.165, 1.54) is 0 Å². The lowest BCUT2D eigenvalue weighted by atomic mass is 9.92. The van der Waals surface area contributed by atoms with E-state index in [4.69, 9.17) is 9.47 Å². The van der Waals surface area contributed by atoms with E-state index in [1.54, 1.807) is 43.3 Å². The molecule has 3 aromatic rings. The number of nitrogens with zero attached hydrogens (tertiary/aromatic N) is 3. The van der Waals surface area contributed by atoms with E-state index in [0.717, 1.165) is 11.3 Å². The van der Waals surface area contributed by atoms with Gasteiger partial charge < -0.3 is 14.8 Å². The zero-order chi connectivity index (χ0) is 22.6. The molecule has 7 heteroatoms. The second-order valence-corrected chi connectivity index (χ2v) is 8.08. The molecule has 0 aliphatic rings. The molecule has 162 valence electrons. The highest BCUT2D eigenvalue weighted by atomic mass is 16.5. The number of anilines is 1. The Morgan fingerprint density at radius 1 is 1.19 bits per heavy atom. The second-order valence-electron chi connectivity index (χ2n) is 8.08. The number of rotatable bonds is 7. The average Bonchev–Trinajstić information content (AvgIpc) is 3.18. The van der Waals surface area contributed by atoms with Gasteiger partial charge in [0.05, 0.1) is 19.9 Å². The van der Waals surface area contributed by atoms with Crippen LogP contribution in [-0.2, 0) is 11.8 Å². The molecule has 1 N–H and O–H groups in total. The Morgan fingerprint density at radius 2 is 1.97 bits per heavy atom. The molecule has 0 saturated carbocycles. The molecule has 0 bridgehead atoms. The van der Waals surface area contributed by atoms with Crippen LogP contribution in [-0.4, -0.2) is 34.9 Å². The number of pyridine rings is 1. The molecule has 31 heavy (non-hydrogen) atoms. The van der Waals surface area contributed by atoms with Gasteiger partial charge in [-0.05, 0) is 30.7 Å². The third-order valence-electron chi connectivity index (χ3n) is 4.77. The van der Waals surface area contributed by atoms with Crippen molar-refractivity contribution in [2.45, 2.75) is 32.6 Å². The van der Waals surface area contributed by atoms with Crippen LogP contribution in [0.15, 0.2) is 55.3 Å². The molecular formula is C24H28N4O3. The highest BCUT2D eigenvalue weighted by Gasteiger charge is 2.23. The summed E-state index contributed by atoms with van der Waals surface area (Å²) in [7, 11) is 3.12. The Hall–Kier alpha value is -3.61. The minimum Gasteiger partial charge on any atom is -0.493 e. The summed E-state index contributed by atoms with van der Waals surface area (Å²) in [5.41, 5.74) is 1.91. The third kappa shape index (κ3) is 4.77. The van der Waals surface area contributed by atoms with Crippen molar-refractivity contribution in [1.82, 2.24) is 14.8 Å². The third-order valence-corrected chi connectivity index (χ3v) is 4.77. The number of carbonyl (C=O) groups excluding carboxylic acids is 1. The van der Waals surface area contributed by atoms with Gasteiger partial charge in [0, 0.05) is 28.8 Å². The molecular weight excluding hydrogens is 392 g/mol. The lowest BCUT2D eigenvalue weighted by Gasteiger charge is -2.14. The molecule has 7 nitrogen and oxygen atoms in total. The Morgan fingerprint density at radius 3 is 2.55 bits per heavy atom. The lowest BCUT2D eigenvalue weighted by molar-refractivity contribution is 0.102. The first-order valence-corrected chi connectivity index (χ1v) is 9.97. The topological polar surface area (TPSA) is 78.3 Å². The van der Waals surface area contributed by atoms with Crippen LogP contribution < -0.4 is 14.8 Å². The zero-order valence-electron chi connectivity index (χ0n) is 18.6. The number of allylic oxidation sites excluding steroid dienone is 1. The molecule has 0 spiro atoms. The number of hydrogen-bond donors (Lipinski definition) is 1. The largest absolute Gasteiger partial charge is 0.493 e.